The van der Waals surface area contributed by atoms with Crippen LogP contribution in [0.2, 0.25) is 0 Å². The van der Waals surface area contributed by atoms with Gasteiger partial charge >= 0.3 is 5.97 Å². The van der Waals surface area contributed by atoms with E-state index in [1.807, 2.05) is 0 Å². The van der Waals surface area contributed by atoms with E-state index in [1.165, 1.54) is 128 Å². The lowest BCUT2D eigenvalue weighted by Gasteiger charge is -2.05. The fraction of sp³-hybridized carbons (Fsp3) is 0.889. The number of rotatable bonds is 25. The van der Waals surface area contributed by atoms with Gasteiger partial charge in [-0.3, -0.25) is 4.79 Å². The molecule has 2 nitrogen and oxygen atoms in total. The Balaban J connectivity index is 3.18. The highest BCUT2D eigenvalue weighted by Gasteiger charge is 2.02. The molecule has 31 heavy (non-hydrogen) atoms. The van der Waals surface area contributed by atoms with E-state index in [1.54, 1.807) is 0 Å². The molecule has 0 bridgehead atoms. The molecule has 4 heteroatoms. The van der Waals surface area contributed by atoms with Gasteiger partial charge < -0.3 is 4.52 Å². The van der Waals surface area contributed by atoms with E-state index in [2.05, 4.69) is 26.0 Å². The number of hydrogen-bond acceptors (Lipinski definition) is 2. The molecule has 0 heterocycles. The van der Waals surface area contributed by atoms with E-state index in [-0.39, 0.29) is 5.97 Å². The van der Waals surface area contributed by atoms with Crippen molar-refractivity contribution in [1.29, 1.82) is 0 Å². The molecule has 2 unspecified atom stereocenters. The summed E-state index contributed by atoms with van der Waals surface area (Å²) < 4.78 is 5.42. The molecular weight excluding hydrogens is 418 g/mol. The molecule has 0 aliphatic heterocycles. The van der Waals surface area contributed by atoms with Gasteiger partial charge in [-0.2, -0.15) is 0 Å². The third-order valence-corrected chi connectivity index (χ3v) is 8.35. The Hall–Kier alpha value is 0.0700. The third-order valence-electron chi connectivity index (χ3n) is 5.79. The SMILES string of the molecule is CCCCCC/C=C\CCCCCCCCCC(=O)OPPCCCCCCCCC. The first kappa shape index (κ1) is 31.1. The van der Waals surface area contributed by atoms with Gasteiger partial charge in [-0.15, -0.1) is 0 Å². The largest absolute Gasteiger partial charge is 0.444 e. The normalized spacial score (nSPS) is 12.2. The maximum absolute atomic E-state index is 11.8. The Morgan fingerprint density at radius 2 is 1.06 bits per heavy atom. The monoisotopic (exact) mass is 472 g/mol. The van der Waals surface area contributed by atoms with Crippen LogP contribution in [0.3, 0.4) is 0 Å². The average molecular weight is 473 g/mol. The molecule has 0 aliphatic carbocycles. The first-order chi connectivity index (χ1) is 15.3. The second-order valence-electron chi connectivity index (χ2n) is 8.96. The van der Waals surface area contributed by atoms with Crippen LogP contribution in [0.4, 0.5) is 0 Å². The van der Waals surface area contributed by atoms with Crippen molar-refractivity contribution in [2.45, 2.75) is 149 Å². The smallest absolute Gasteiger partial charge is 0.308 e. The molecule has 0 rings (SSSR count). The van der Waals surface area contributed by atoms with Crippen LogP contribution in [0, 0.1) is 0 Å². The lowest BCUT2D eigenvalue weighted by molar-refractivity contribution is -0.133. The van der Waals surface area contributed by atoms with Crippen molar-refractivity contribution in [3.8, 4) is 0 Å². The summed E-state index contributed by atoms with van der Waals surface area (Å²) in [6.45, 7) is 4.53. The molecule has 0 aromatic rings. The minimum atomic E-state index is 0.0341. The average Bonchev–Trinajstić information content (AvgIpc) is 2.77. The number of hydrogen-bond donors (Lipinski definition) is 0. The summed E-state index contributed by atoms with van der Waals surface area (Å²) in [6.07, 6.45) is 32.9. The molecule has 0 fully saturated rings. The van der Waals surface area contributed by atoms with Crippen LogP contribution in [0.5, 0.6) is 0 Å². The van der Waals surface area contributed by atoms with Crippen LogP contribution in [0.15, 0.2) is 12.2 Å². The van der Waals surface area contributed by atoms with Crippen molar-refractivity contribution in [3.63, 3.8) is 0 Å². The first-order valence-electron chi connectivity index (χ1n) is 13.6. The summed E-state index contributed by atoms with van der Waals surface area (Å²) in [6, 6.07) is 0. The summed E-state index contributed by atoms with van der Waals surface area (Å²) in [5, 5.41) is 0. The summed E-state index contributed by atoms with van der Waals surface area (Å²) in [7, 11) is 1.23. The number of allylic oxidation sites excluding steroid dienone is 2. The quantitative estimate of drug-likeness (QED) is 0.0750. The Morgan fingerprint density at radius 3 is 1.65 bits per heavy atom. The highest BCUT2D eigenvalue weighted by atomic mass is 32.0. The van der Waals surface area contributed by atoms with Gasteiger partial charge in [0, 0.05) is 6.42 Å². The highest BCUT2D eigenvalue weighted by molar-refractivity contribution is 8.09. The van der Waals surface area contributed by atoms with Crippen molar-refractivity contribution < 1.29 is 9.32 Å². The molecule has 184 valence electrons. The van der Waals surface area contributed by atoms with Crippen LogP contribution in [-0.2, 0) is 9.32 Å². The van der Waals surface area contributed by atoms with Crippen molar-refractivity contribution >= 4 is 22.7 Å². The van der Waals surface area contributed by atoms with Gasteiger partial charge in [0.25, 0.3) is 0 Å². The summed E-state index contributed by atoms with van der Waals surface area (Å²) in [4.78, 5) is 11.8. The Bertz CT molecular complexity index is 385. The first-order valence-corrected chi connectivity index (χ1v) is 16.7. The van der Waals surface area contributed by atoms with Crippen LogP contribution < -0.4 is 0 Å². The van der Waals surface area contributed by atoms with E-state index < -0.39 is 0 Å². The minimum absolute atomic E-state index is 0.0341. The van der Waals surface area contributed by atoms with Gasteiger partial charge in [0.2, 0.25) is 0 Å². The number of carbonyl (C=O) groups excluding carboxylic acids is 1. The molecule has 0 saturated heterocycles. The van der Waals surface area contributed by atoms with Crippen LogP contribution in [0.1, 0.15) is 149 Å². The molecular formula is C27H54O2P2. The Kier molecular flexibility index (Phi) is 28.2. The van der Waals surface area contributed by atoms with E-state index in [0.717, 1.165) is 14.7 Å². The number of unbranched alkanes of at least 4 members (excludes halogenated alkanes) is 17. The Morgan fingerprint density at radius 1 is 0.613 bits per heavy atom. The second kappa shape index (κ2) is 28.1. The van der Waals surface area contributed by atoms with Gasteiger partial charge in [0.15, 0.2) is 0 Å². The van der Waals surface area contributed by atoms with E-state index in [0.29, 0.717) is 14.9 Å². The Labute approximate surface area is 199 Å². The van der Waals surface area contributed by atoms with Crippen LogP contribution >= 0.6 is 16.8 Å². The van der Waals surface area contributed by atoms with Crippen molar-refractivity contribution in [1.82, 2.24) is 0 Å². The van der Waals surface area contributed by atoms with Crippen molar-refractivity contribution in [2.75, 3.05) is 6.16 Å². The molecule has 0 spiro atoms. The van der Waals surface area contributed by atoms with Gasteiger partial charge in [0.05, 0.1) is 8.50 Å². The lowest BCUT2D eigenvalue weighted by atomic mass is 10.1. The second-order valence-corrected chi connectivity index (χ2v) is 11.9. The predicted molar refractivity (Wildman–Crippen MR) is 145 cm³/mol. The molecule has 0 saturated carbocycles. The zero-order chi connectivity index (χ0) is 22.7. The third kappa shape index (κ3) is 28.0. The van der Waals surface area contributed by atoms with E-state index in [9.17, 15) is 4.79 Å². The molecule has 0 radical (unpaired) electrons. The summed E-state index contributed by atoms with van der Waals surface area (Å²) >= 11 is 0. The van der Waals surface area contributed by atoms with Crippen molar-refractivity contribution in [2.24, 2.45) is 0 Å². The molecule has 0 N–H and O–H groups in total. The number of carbonyl (C=O) groups is 1. The predicted octanol–water partition coefficient (Wildman–Crippen LogP) is 10.5. The maximum Gasteiger partial charge on any atom is 0.308 e. The van der Waals surface area contributed by atoms with Crippen LogP contribution in [0.25, 0.3) is 0 Å². The highest BCUT2D eigenvalue weighted by Crippen LogP contribution is 2.38. The fourth-order valence-electron chi connectivity index (χ4n) is 3.71. The van der Waals surface area contributed by atoms with Gasteiger partial charge in [-0.1, -0.05) is 124 Å². The molecule has 0 aliphatic rings. The maximum atomic E-state index is 11.8. The summed E-state index contributed by atoms with van der Waals surface area (Å²) in [5.74, 6) is 0.0341. The van der Waals surface area contributed by atoms with Crippen LogP contribution in [-0.4, -0.2) is 12.1 Å². The topological polar surface area (TPSA) is 26.3 Å². The fourth-order valence-corrected chi connectivity index (χ4v) is 5.92. The zero-order valence-corrected chi connectivity index (χ0v) is 23.0. The lowest BCUT2D eigenvalue weighted by Crippen LogP contribution is -1.96. The van der Waals surface area contributed by atoms with E-state index >= 15 is 0 Å². The van der Waals surface area contributed by atoms with Crippen molar-refractivity contribution in [3.05, 3.63) is 12.2 Å². The van der Waals surface area contributed by atoms with Gasteiger partial charge in [0.1, 0.15) is 0 Å². The van der Waals surface area contributed by atoms with Gasteiger partial charge in [-0.05, 0) is 44.7 Å². The minimum Gasteiger partial charge on any atom is -0.444 e. The molecule has 0 aromatic carbocycles. The van der Waals surface area contributed by atoms with Gasteiger partial charge in [-0.25, -0.2) is 0 Å². The molecule has 0 aromatic heterocycles. The summed E-state index contributed by atoms with van der Waals surface area (Å²) in [5.41, 5.74) is 0. The molecule has 2 atom stereocenters. The molecule has 0 amide bonds. The van der Waals surface area contributed by atoms with E-state index in [4.69, 9.17) is 4.52 Å². The zero-order valence-electron chi connectivity index (χ0n) is 21.0. The standard InChI is InChI=1S/C27H54O2P2/c1-3-5-7-9-11-12-13-14-15-16-17-18-19-21-23-25-27(28)29-31-30-26-24-22-20-10-8-6-4-2/h12-13,30-31H,3-11,14-26H2,1-2H3/b13-12-.